The van der Waals surface area contributed by atoms with Gasteiger partial charge >= 0.3 is 5.97 Å². The van der Waals surface area contributed by atoms with E-state index in [0.717, 1.165) is 0 Å². The normalized spacial score (nSPS) is 10.5. The molecule has 0 spiro atoms. The van der Waals surface area contributed by atoms with Crippen molar-refractivity contribution >= 4 is 17.7 Å². The zero-order valence-corrected chi connectivity index (χ0v) is 14.5. The van der Waals surface area contributed by atoms with E-state index in [1.807, 2.05) is 6.92 Å². The predicted octanol–water partition coefficient (Wildman–Crippen LogP) is 1.11. The topological polar surface area (TPSA) is 119 Å². The summed E-state index contributed by atoms with van der Waals surface area (Å²) in [5.74, 6) is -0.201. The number of aryl methyl sites for hydroxylation is 2. The summed E-state index contributed by atoms with van der Waals surface area (Å²) in [4.78, 5) is 42.1. The van der Waals surface area contributed by atoms with Crippen molar-refractivity contribution in [1.29, 1.82) is 0 Å². The fourth-order valence-corrected chi connectivity index (χ4v) is 2.18. The molecule has 9 heteroatoms. The minimum Gasteiger partial charge on any atom is -0.466 e. The van der Waals surface area contributed by atoms with E-state index < -0.39 is 5.97 Å². The SMILES string of the molecule is CCOC(=O)CCC(=O)Nc1cc(C)nn1-c1nc(CC)cc(=O)[nH]1. The van der Waals surface area contributed by atoms with Crippen LogP contribution in [0.1, 0.15) is 38.1 Å². The van der Waals surface area contributed by atoms with Gasteiger partial charge in [-0.2, -0.15) is 9.78 Å². The van der Waals surface area contributed by atoms with Gasteiger partial charge in [-0.3, -0.25) is 19.4 Å². The zero-order chi connectivity index (χ0) is 18.4. The smallest absolute Gasteiger partial charge is 0.306 e. The van der Waals surface area contributed by atoms with Crippen molar-refractivity contribution in [2.24, 2.45) is 0 Å². The summed E-state index contributed by atoms with van der Waals surface area (Å²) in [7, 11) is 0. The van der Waals surface area contributed by atoms with E-state index in [1.54, 1.807) is 19.9 Å². The standard InChI is InChI=1S/C16H21N5O4/c1-4-11-9-14(23)19-16(17-11)21-12(8-10(3)20-21)18-13(22)6-7-15(24)25-5-2/h8-9H,4-7H2,1-3H3,(H,18,22)(H,17,19,23). The Labute approximate surface area is 144 Å². The van der Waals surface area contributed by atoms with Gasteiger partial charge in [-0.15, -0.1) is 0 Å². The van der Waals surface area contributed by atoms with Crippen molar-refractivity contribution in [3.8, 4) is 5.95 Å². The van der Waals surface area contributed by atoms with Gasteiger partial charge in [-0.05, 0) is 20.3 Å². The maximum absolute atomic E-state index is 12.1. The molecule has 0 aliphatic rings. The Bertz CT molecular complexity index is 824. The molecule has 0 fully saturated rings. The maximum atomic E-state index is 12.1. The van der Waals surface area contributed by atoms with Gasteiger partial charge in [0.05, 0.1) is 18.7 Å². The van der Waals surface area contributed by atoms with Crippen molar-refractivity contribution in [3.63, 3.8) is 0 Å². The van der Waals surface area contributed by atoms with Gasteiger partial charge < -0.3 is 10.1 Å². The number of anilines is 1. The van der Waals surface area contributed by atoms with Crippen LogP contribution in [0, 0.1) is 6.92 Å². The molecule has 0 bridgehead atoms. The molecule has 0 saturated carbocycles. The van der Waals surface area contributed by atoms with Gasteiger partial charge in [0.1, 0.15) is 5.82 Å². The lowest BCUT2D eigenvalue weighted by Gasteiger charge is -2.08. The molecule has 9 nitrogen and oxygen atoms in total. The highest BCUT2D eigenvalue weighted by Gasteiger charge is 2.14. The van der Waals surface area contributed by atoms with Gasteiger partial charge in [0.15, 0.2) is 0 Å². The van der Waals surface area contributed by atoms with E-state index in [1.165, 1.54) is 10.7 Å². The Hall–Kier alpha value is -2.97. The molecule has 2 aromatic rings. The molecule has 2 aromatic heterocycles. The number of amides is 1. The summed E-state index contributed by atoms with van der Waals surface area (Å²) in [6.07, 6.45) is 0.577. The summed E-state index contributed by atoms with van der Waals surface area (Å²) in [6, 6.07) is 3.07. The highest BCUT2D eigenvalue weighted by molar-refractivity contribution is 5.92. The molecule has 1 amide bonds. The lowest BCUT2D eigenvalue weighted by atomic mass is 10.3. The lowest BCUT2D eigenvalue weighted by molar-refractivity contribution is -0.144. The molecule has 0 aliphatic heterocycles. The molecule has 0 aliphatic carbocycles. The highest BCUT2D eigenvalue weighted by atomic mass is 16.5. The minimum atomic E-state index is -0.427. The number of H-pyrrole nitrogens is 1. The minimum absolute atomic E-state index is 0.00675. The quantitative estimate of drug-likeness (QED) is 0.724. The summed E-state index contributed by atoms with van der Waals surface area (Å²) >= 11 is 0. The van der Waals surface area contributed by atoms with Gasteiger partial charge in [0, 0.05) is 24.2 Å². The second-order valence-electron chi connectivity index (χ2n) is 5.35. The molecule has 2 rings (SSSR count). The molecule has 134 valence electrons. The van der Waals surface area contributed by atoms with Crippen LogP contribution in [-0.2, 0) is 20.7 Å². The second-order valence-corrected chi connectivity index (χ2v) is 5.35. The molecule has 0 radical (unpaired) electrons. The average Bonchev–Trinajstić information content (AvgIpc) is 2.93. The first kappa shape index (κ1) is 18.4. The largest absolute Gasteiger partial charge is 0.466 e. The summed E-state index contributed by atoms with van der Waals surface area (Å²) in [6.45, 7) is 5.63. The Balaban J connectivity index is 2.18. The number of carbonyl (C=O) groups is 2. The van der Waals surface area contributed by atoms with Crippen molar-refractivity contribution in [3.05, 3.63) is 33.9 Å². The van der Waals surface area contributed by atoms with E-state index >= 15 is 0 Å². The molecule has 0 unspecified atom stereocenters. The summed E-state index contributed by atoms with van der Waals surface area (Å²) in [5.41, 5.74) is 0.964. The zero-order valence-electron chi connectivity index (χ0n) is 14.5. The predicted molar refractivity (Wildman–Crippen MR) is 90.6 cm³/mol. The van der Waals surface area contributed by atoms with Crippen LogP contribution in [0.4, 0.5) is 5.82 Å². The number of hydrogen-bond donors (Lipinski definition) is 2. The molecule has 0 atom stereocenters. The lowest BCUT2D eigenvalue weighted by Crippen LogP contribution is -2.20. The van der Waals surface area contributed by atoms with Gasteiger partial charge in [-0.1, -0.05) is 6.92 Å². The number of ether oxygens (including phenoxy) is 1. The van der Waals surface area contributed by atoms with Crippen LogP contribution in [0.15, 0.2) is 16.9 Å². The van der Waals surface area contributed by atoms with Crippen molar-refractivity contribution in [2.75, 3.05) is 11.9 Å². The van der Waals surface area contributed by atoms with E-state index in [4.69, 9.17) is 4.74 Å². The van der Waals surface area contributed by atoms with Crippen LogP contribution in [-0.4, -0.2) is 38.2 Å². The fourth-order valence-electron chi connectivity index (χ4n) is 2.18. The Morgan fingerprint density at radius 3 is 2.72 bits per heavy atom. The molecule has 25 heavy (non-hydrogen) atoms. The van der Waals surface area contributed by atoms with Gasteiger partial charge in [0.25, 0.3) is 5.56 Å². The van der Waals surface area contributed by atoms with Crippen LogP contribution in [0.3, 0.4) is 0 Å². The van der Waals surface area contributed by atoms with E-state index in [0.29, 0.717) is 23.6 Å². The molecular formula is C16H21N5O4. The Morgan fingerprint density at radius 2 is 2.04 bits per heavy atom. The third-order valence-electron chi connectivity index (χ3n) is 3.31. The van der Waals surface area contributed by atoms with Gasteiger partial charge in [0.2, 0.25) is 11.9 Å². The first-order valence-corrected chi connectivity index (χ1v) is 8.05. The molecule has 2 heterocycles. The van der Waals surface area contributed by atoms with Crippen molar-refractivity contribution < 1.29 is 14.3 Å². The summed E-state index contributed by atoms with van der Waals surface area (Å²) in [5, 5.41) is 6.93. The Kier molecular flexibility index (Phi) is 6.04. The number of nitrogens with zero attached hydrogens (tertiary/aromatic N) is 3. The van der Waals surface area contributed by atoms with Gasteiger partial charge in [-0.25, -0.2) is 4.98 Å². The third-order valence-corrected chi connectivity index (χ3v) is 3.31. The Morgan fingerprint density at radius 1 is 1.28 bits per heavy atom. The van der Waals surface area contributed by atoms with Crippen molar-refractivity contribution in [1.82, 2.24) is 19.7 Å². The summed E-state index contributed by atoms with van der Waals surface area (Å²) < 4.78 is 6.15. The van der Waals surface area contributed by atoms with E-state index in [-0.39, 0.29) is 36.9 Å². The molecule has 2 N–H and O–H groups in total. The molecule has 0 aromatic carbocycles. The number of nitrogens with one attached hydrogen (secondary N) is 2. The van der Waals surface area contributed by atoms with Crippen LogP contribution in [0.5, 0.6) is 0 Å². The fraction of sp³-hybridized carbons (Fsp3) is 0.438. The van der Waals surface area contributed by atoms with Crippen LogP contribution >= 0.6 is 0 Å². The third kappa shape index (κ3) is 5.00. The first-order chi connectivity index (χ1) is 11.9. The highest BCUT2D eigenvalue weighted by Crippen LogP contribution is 2.14. The van der Waals surface area contributed by atoms with E-state index in [2.05, 4.69) is 20.4 Å². The second kappa shape index (κ2) is 8.22. The number of carbonyl (C=O) groups excluding carboxylic acids is 2. The van der Waals surface area contributed by atoms with Crippen LogP contribution < -0.4 is 10.9 Å². The molecule has 0 saturated heterocycles. The number of rotatable bonds is 7. The number of hydrogen-bond acceptors (Lipinski definition) is 6. The van der Waals surface area contributed by atoms with Crippen LogP contribution in [0.2, 0.25) is 0 Å². The van der Waals surface area contributed by atoms with Crippen molar-refractivity contribution in [2.45, 2.75) is 40.0 Å². The van der Waals surface area contributed by atoms with E-state index in [9.17, 15) is 14.4 Å². The number of aromatic nitrogens is 4. The average molecular weight is 347 g/mol. The molecular weight excluding hydrogens is 326 g/mol. The van der Waals surface area contributed by atoms with Crippen LogP contribution in [0.25, 0.3) is 5.95 Å². The number of esters is 1. The monoisotopic (exact) mass is 347 g/mol. The first-order valence-electron chi connectivity index (χ1n) is 8.05. The maximum Gasteiger partial charge on any atom is 0.306 e. The number of aromatic amines is 1.